The molecule has 0 heterocycles. The van der Waals surface area contributed by atoms with Gasteiger partial charge in [0, 0.05) is 21.0 Å². The summed E-state index contributed by atoms with van der Waals surface area (Å²) in [6.45, 7) is 5.36. The van der Waals surface area contributed by atoms with Crippen LogP contribution in [0.5, 0.6) is 0 Å². The van der Waals surface area contributed by atoms with Crippen molar-refractivity contribution in [3.05, 3.63) is 12.2 Å². The molecular formula is C5H8IN. The highest BCUT2D eigenvalue weighted by Gasteiger charge is 1.53. The highest BCUT2D eigenvalue weighted by molar-refractivity contribution is 14.2. The van der Waals surface area contributed by atoms with Crippen LogP contribution in [0.25, 0.3) is 0 Å². The van der Waals surface area contributed by atoms with Crippen LogP contribution in [0, 0.1) is 0 Å². The van der Waals surface area contributed by atoms with E-state index in [9.17, 15) is 0 Å². The predicted molar refractivity (Wildman–Crippen MR) is 44.4 cm³/mol. The summed E-state index contributed by atoms with van der Waals surface area (Å²) in [5, 5.41) is 0. The topological polar surface area (TPSA) is 12.4 Å². The van der Waals surface area contributed by atoms with Gasteiger partial charge in [-0.25, -0.2) is 3.21 Å². The average Bonchev–Trinajstić information content (AvgIpc) is 1.69. The third-order valence-electron chi connectivity index (χ3n) is 0.391. The Morgan fingerprint density at radius 2 is 2.43 bits per heavy atom. The second-order valence-electron chi connectivity index (χ2n) is 0.869. The number of nitrogens with zero attached hydrogens (tertiary/aromatic N) is 1. The molecule has 0 aromatic carbocycles. The lowest BCUT2D eigenvalue weighted by Gasteiger charge is -1.64. The molecule has 7 heavy (non-hydrogen) atoms. The summed E-state index contributed by atoms with van der Waals surface area (Å²) in [7, 11) is 0. The Balaban J connectivity index is 3.27. The zero-order valence-electron chi connectivity index (χ0n) is 4.26. The van der Waals surface area contributed by atoms with Crippen molar-refractivity contribution in [3.63, 3.8) is 0 Å². The minimum absolute atomic E-state index is 0.0764. The zero-order chi connectivity index (χ0) is 5.54. The Hall–Kier alpha value is 0.01000. The number of hydrogen-bond acceptors (Lipinski definition) is 1. The summed E-state index contributed by atoms with van der Waals surface area (Å²) in [5.74, 6) is 0. The molecule has 2 heteroatoms. The zero-order valence-corrected chi connectivity index (χ0v) is 6.42. The molecule has 0 bridgehead atoms. The van der Waals surface area contributed by atoms with Crippen LogP contribution in [0.15, 0.2) is 15.4 Å². The lowest BCUT2D eigenvalue weighted by atomic mass is 10.6. The SMILES string of the molecule is C=NI=C/C=C\C. The number of rotatable bonds is 2. The van der Waals surface area contributed by atoms with Gasteiger partial charge < -0.3 is 0 Å². The van der Waals surface area contributed by atoms with Crippen LogP contribution in [0.3, 0.4) is 0 Å². The van der Waals surface area contributed by atoms with Crippen LogP contribution in [-0.2, 0) is 0 Å². The molecule has 0 aliphatic carbocycles. The summed E-state index contributed by atoms with van der Waals surface area (Å²) >= 11 is -0.0764. The lowest BCUT2D eigenvalue weighted by molar-refractivity contribution is 1.78. The smallest absolute Gasteiger partial charge is 0.0222 e. The minimum Gasteiger partial charge on any atom is -0.238 e. The molecule has 0 saturated carbocycles. The van der Waals surface area contributed by atoms with Crippen LogP contribution < -0.4 is 0 Å². The summed E-state index contributed by atoms with van der Waals surface area (Å²) < 4.78 is 5.79. The van der Waals surface area contributed by atoms with E-state index in [4.69, 9.17) is 0 Å². The van der Waals surface area contributed by atoms with Crippen LogP contribution in [0.4, 0.5) is 0 Å². The lowest BCUT2D eigenvalue weighted by Crippen LogP contribution is -1.48. The van der Waals surface area contributed by atoms with E-state index in [0.717, 1.165) is 0 Å². The third kappa shape index (κ3) is 6.01. The monoisotopic (exact) mass is 209 g/mol. The Labute approximate surface area is 54.3 Å². The molecule has 40 valence electrons. The molecule has 0 aromatic rings. The van der Waals surface area contributed by atoms with Gasteiger partial charge in [-0.3, -0.25) is 0 Å². The fraction of sp³-hybridized carbons (Fsp3) is 0.200. The molecule has 0 atom stereocenters. The number of allylic oxidation sites excluding steroid dienone is 2. The molecule has 0 aromatic heterocycles. The fourth-order valence-electron chi connectivity index (χ4n) is 0.145. The highest BCUT2D eigenvalue weighted by atomic mass is 127. The van der Waals surface area contributed by atoms with Gasteiger partial charge in [0.05, 0.1) is 0 Å². The van der Waals surface area contributed by atoms with Crippen molar-refractivity contribution in [2.45, 2.75) is 6.92 Å². The first-order chi connectivity index (χ1) is 3.41. The molecule has 0 N–H and O–H groups in total. The van der Waals surface area contributed by atoms with E-state index in [-0.39, 0.29) is 21.0 Å². The van der Waals surface area contributed by atoms with Gasteiger partial charge in [-0.05, 0) is 17.7 Å². The molecule has 0 saturated heterocycles. The van der Waals surface area contributed by atoms with E-state index in [0.29, 0.717) is 0 Å². The van der Waals surface area contributed by atoms with E-state index >= 15 is 0 Å². The van der Waals surface area contributed by atoms with Gasteiger partial charge in [0.25, 0.3) is 0 Å². The van der Waals surface area contributed by atoms with Crippen LogP contribution in [0.1, 0.15) is 6.92 Å². The van der Waals surface area contributed by atoms with Crippen LogP contribution in [0.2, 0.25) is 0 Å². The van der Waals surface area contributed by atoms with Gasteiger partial charge in [0.15, 0.2) is 0 Å². The van der Waals surface area contributed by atoms with Crippen molar-refractivity contribution in [2.75, 3.05) is 0 Å². The first-order valence-corrected chi connectivity index (χ1v) is 4.16. The van der Waals surface area contributed by atoms with Crippen molar-refractivity contribution in [1.29, 1.82) is 0 Å². The summed E-state index contributed by atoms with van der Waals surface area (Å²) in [5.41, 5.74) is 0. The number of halogens is 1. The first-order valence-electron chi connectivity index (χ1n) is 1.95. The van der Waals surface area contributed by atoms with Crippen molar-refractivity contribution >= 4 is 31.7 Å². The van der Waals surface area contributed by atoms with E-state index in [2.05, 4.69) is 13.9 Å². The second-order valence-corrected chi connectivity index (χ2v) is 2.83. The quantitative estimate of drug-likeness (QED) is 0.486. The maximum Gasteiger partial charge on any atom is 0.0222 e. The summed E-state index contributed by atoms with van der Waals surface area (Å²) in [6.07, 6.45) is 3.99. The van der Waals surface area contributed by atoms with Gasteiger partial charge in [-0.2, -0.15) is 0 Å². The van der Waals surface area contributed by atoms with Crippen molar-refractivity contribution < 1.29 is 0 Å². The molecule has 0 amide bonds. The molecule has 0 aliphatic rings. The van der Waals surface area contributed by atoms with Gasteiger partial charge in [0.1, 0.15) is 0 Å². The maximum atomic E-state index is 3.73. The molecule has 0 spiro atoms. The van der Waals surface area contributed by atoms with Crippen molar-refractivity contribution in [1.82, 2.24) is 0 Å². The van der Waals surface area contributed by atoms with Gasteiger partial charge in [-0.15, -0.1) is 0 Å². The highest BCUT2D eigenvalue weighted by Crippen LogP contribution is 1.91. The van der Waals surface area contributed by atoms with Crippen molar-refractivity contribution in [3.8, 4) is 0 Å². The Morgan fingerprint density at radius 1 is 1.71 bits per heavy atom. The number of hydrogen-bond donors (Lipinski definition) is 0. The first kappa shape index (κ1) is 7.01. The fourth-order valence-corrected chi connectivity index (χ4v) is 0.973. The molecule has 0 radical (unpaired) electrons. The third-order valence-corrected chi connectivity index (χ3v) is 1.52. The average molecular weight is 209 g/mol. The standard InChI is InChI=1S/C5H8IN/c1-3-4-5-6-7-2/h3-5H,2H2,1H3/b4-3-. The Morgan fingerprint density at radius 3 is 2.86 bits per heavy atom. The minimum atomic E-state index is -0.0764. The molecule has 1 nitrogen and oxygen atoms in total. The molecule has 0 unspecified atom stereocenters. The van der Waals surface area contributed by atoms with Gasteiger partial charge >= 0.3 is 0 Å². The van der Waals surface area contributed by atoms with Crippen LogP contribution in [-0.4, -0.2) is 10.7 Å². The van der Waals surface area contributed by atoms with Crippen molar-refractivity contribution in [2.24, 2.45) is 3.21 Å². The van der Waals surface area contributed by atoms with E-state index in [1.165, 1.54) is 0 Å². The maximum absolute atomic E-state index is 3.73. The van der Waals surface area contributed by atoms with E-state index < -0.39 is 0 Å². The van der Waals surface area contributed by atoms with E-state index in [1.54, 1.807) is 0 Å². The molecule has 0 rings (SSSR count). The normalized spacial score (nSPS) is 12.1. The molecule has 0 aliphatic heterocycles. The van der Waals surface area contributed by atoms with E-state index in [1.807, 2.05) is 19.1 Å². The Bertz CT molecular complexity index is 94.3. The molecular weight excluding hydrogens is 201 g/mol. The summed E-state index contributed by atoms with van der Waals surface area (Å²) in [6, 6.07) is 0. The summed E-state index contributed by atoms with van der Waals surface area (Å²) in [4.78, 5) is 0. The molecule has 0 fully saturated rings. The van der Waals surface area contributed by atoms with Gasteiger partial charge in [0.2, 0.25) is 0 Å². The van der Waals surface area contributed by atoms with Gasteiger partial charge in [-0.1, -0.05) is 12.2 Å². The second kappa shape index (κ2) is 6.01. The largest absolute Gasteiger partial charge is 0.238 e. The van der Waals surface area contributed by atoms with Crippen LogP contribution >= 0.6 is 21.0 Å². The Kier molecular flexibility index (Phi) is 6.02. The predicted octanol–water partition coefficient (Wildman–Crippen LogP) is 1.95.